The van der Waals surface area contributed by atoms with Crippen LogP contribution in [0.4, 0.5) is 0 Å². The number of rotatable bonds is 1. The van der Waals surface area contributed by atoms with Crippen molar-refractivity contribution in [1.82, 2.24) is 9.55 Å². The highest BCUT2D eigenvalue weighted by Crippen LogP contribution is 2.26. The molecule has 4 heteroatoms. The van der Waals surface area contributed by atoms with E-state index in [4.69, 9.17) is 0 Å². The van der Waals surface area contributed by atoms with Crippen molar-refractivity contribution in [3.63, 3.8) is 0 Å². The van der Waals surface area contributed by atoms with Crippen molar-refractivity contribution in [2.24, 2.45) is 0 Å². The van der Waals surface area contributed by atoms with Gasteiger partial charge in [-0.1, -0.05) is 0 Å². The lowest BCUT2D eigenvalue weighted by Crippen LogP contribution is -2.12. The summed E-state index contributed by atoms with van der Waals surface area (Å²) in [5.74, 6) is 0.272. The maximum atomic E-state index is 11.7. The Kier molecular flexibility index (Phi) is 2.17. The Hall–Kier alpha value is -1.42. The van der Waals surface area contributed by atoms with Gasteiger partial charge in [0.05, 0.1) is 0 Å². The van der Waals surface area contributed by atoms with Gasteiger partial charge in [0, 0.05) is 34.9 Å². The highest BCUT2D eigenvalue weighted by Gasteiger charge is 2.21. The maximum absolute atomic E-state index is 11.7. The van der Waals surface area contributed by atoms with E-state index in [1.807, 2.05) is 25.4 Å². The number of fused-ring (bicyclic) bond motifs is 1. The van der Waals surface area contributed by atoms with Crippen LogP contribution in [-0.2, 0) is 6.42 Å². The quantitative estimate of drug-likeness (QED) is 0.757. The highest BCUT2D eigenvalue weighted by atomic mass is 32.1. The monoisotopic (exact) mass is 232 g/mol. The first kappa shape index (κ1) is 9.78. The molecule has 0 N–H and O–H groups in total. The first-order chi connectivity index (χ1) is 7.75. The SMILES string of the molecule is Cc1cnc(-n2ccc3c2CCCC3=O)s1. The zero-order chi connectivity index (χ0) is 11.1. The minimum atomic E-state index is 0.272. The lowest BCUT2D eigenvalue weighted by Gasteiger charge is -2.12. The first-order valence-corrected chi connectivity index (χ1v) is 6.23. The Morgan fingerprint density at radius 1 is 1.44 bits per heavy atom. The second-order valence-corrected chi connectivity index (χ2v) is 5.29. The minimum Gasteiger partial charge on any atom is -0.296 e. The van der Waals surface area contributed by atoms with Crippen LogP contribution in [0.2, 0.25) is 0 Å². The van der Waals surface area contributed by atoms with Crippen molar-refractivity contribution in [3.05, 3.63) is 34.6 Å². The zero-order valence-corrected chi connectivity index (χ0v) is 9.88. The summed E-state index contributed by atoms with van der Waals surface area (Å²) in [6.07, 6.45) is 6.46. The van der Waals surface area contributed by atoms with E-state index < -0.39 is 0 Å². The van der Waals surface area contributed by atoms with E-state index in [1.165, 1.54) is 4.88 Å². The summed E-state index contributed by atoms with van der Waals surface area (Å²) >= 11 is 1.66. The molecule has 2 heterocycles. The van der Waals surface area contributed by atoms with Gasteiger partial charge in [-0.3, -0.25) is 9.36 Å². The Morgan fingerprint density at radius 2 is 2.31 bits per heavy atom. The number of nitrogens with zero attached hydrogens (tertiary/aromatic N) is 2. The van der Waals surface area contributed by atoms with E-state index in [0.717, 1.165) is 29.2 Å². The van der Waals surface area contributed by atoms with Crippen molar-refractivity contribution in [2.45, 2.75) is 26.2 Å². The van der Waals surface area contributed by atoms with Crippen molar-refractivity contribution < 1.29 is 4.79 Å². The molecular weight excluding hydrogens is 220 g/mol. The lowest BCUT2D eigenvalue weighted by molar-refractivity contribution is 0.0972. The lowest BCUT2D eigenvalue weighted by atomic mass is 9.97. The van der Waals surface area contributed by atoms with Gasteiger partial charge in [0.1, 0.15) is 0 Å². The Balaban J connectivity index is 2.12. The van der Waals surface area contributed by atoms with E-state index in [2.05, 4.69) is 9.55 Å². The molecule has 0 bridgehead atoms. The number of aromatic nitrogens is 2. The van der Waals surface area contributed by atoms with Gasteiger partial charge in [-0.05, 0) is 25.8 Å². The number of thiazole rings is 1. The van der Waals surface area contributed by atoms with Crippen LogP contribution in [0.15, 0.2) is 18.5 Å². The zero-order valence-electron chi connectivity index (χ0n) is 9.06. The molecule has 0 fully saturated rings. The molecule has 0 amide bonds. The van der Waals surface area contributed by atoms with E-state index in [-0.39, 0.29) is 5.78 Å². The molecule has 0 aliphatic heterocycles. The number of hydrogen-bond acceptors (Lipinski definition) is 3. The van der Waals surface area contributed by atoms with E-state index in [0.29, 0.717) is 6.42 Å². The van der Waals surface area contributed by atoms with Crippen LogP contribution in [0.5, 0.6) is 0 Å². The number of aryl methyl sites for hydroxylation is 1. The summed E-state index contributed by atoms with van der Waals surface area (Å²) in [5.41, 5.74) is 2.02. The molecule has 16 heavy (non-hydrogen) atoms. The molecule has 2 aromatic rings. The molecule has 3 nitrogen and oxygen atoms in total. The molecule has 1 aliphatic carbocycles. The number of carbonyl (C=O) groups excluding carboxylic acids is 1. The van der Waals surface area contributed by atoms with Crippen molar-refractivity contribution in [3.8, 4) is 5.13 Å². The minimum absolute atomic E-state index is 0.272. The van der Waals surface area contributed by atoms with Crippen LogP contribution in [0.1, 0.15) is 33.8 Å². The summed E-state index contributed by atoms with van der Waals surface area (Å²) in [6, 6.07) is 1.92. The molecular formula is C12H12N2OS. The summed E-state index contributed by atoms with van der Waals surface area (Å²) in [7, 11) is 0. The van der Waals surface area contributed by atoms with Crippen molar-refractivity contribution in [1.29, 1.82) is 0 Å². The fourth-order valence-corrected chi connectivity index (χ4v) is 2.93. The average molecular weight is 232 g/mol. The molecule has 0 saturated heterocycles. The van der Waals surface area contributed by atoms with Crippen LogP contribution in [0.3, 0.4) is 0 Å². The van der Waals surface area contributed by atoms with Crippen LogP contribution >= 0.6 is 11.3 Å². The molecule has 3 rings (SSSR count). The fraction of sp³-hybridized carbons (Fsp3) is 0.333. The number of ketones is 1. The van der Waals surface area contributed by atoms with E-state index in [1.54, 1.807) is 11.3 Å². The molecule has 0 saturated carbocycles. The van der Waals surface area contributed by atoms with Gasteiger partial charge < -0.3 is 0 Å². The highest BCUT2D eigenvalue weighted by molar-refractivity contribution is 7.14. The van der Waals surface area contributed by atoms with Gasteiger partial charge in [-0.15, -0.1) is 11.3 Å². The third-order valence-electron chi connectivity index (χ3n) is 2.92. The third-order valence-corrected chi connectivity index (χ3v) is 3.84. The smallest absolute Gasteiger partial charge is 0.193 e. The second-order valence-electron chi connectivity index (χ2n) is 4.08. The predicted molar refractivity (Wildman–Crippen MR) is 63.4 cm³/mol. The normalized spacial score (nSPS) is 15.2. The van der Waals surface area contributed by atoms with Gasteiger partial charge in [-0.25, -0.2) is 4.98 Å². The molecule has 0 radical (unpaired) electrons. The van der Waals surface area contributed by atoms with E-state index >= 15 is 0 Å². The Labute approximate surface area is 97.7 Å². The van der Waals surface area contributed by atoms with Gasteiger partial charge in [0.15, 0.2) is 10.9 Å². The average Bonchev–Trinajstić information content (AvgIpc) is 2.84. The molecule has 0 aromatic carbocycles. The topological polar surface area (TPSA) is 34.9 Å². The molecule has 0 spiro atoms. The van der Waals surface area contributed by atoms with Gasteiger partial charge in [0.25, 0.3) is 0 Å². The van der Waals surface area contributed by atoms with Crippen LogP contribution in [0, 0.1) is 6.92 Å². The molecule has 82 valence electrons. The van der Waals surface area contributed by atoms with Crippen LogP contribution in [0.25, 0.3) is 5.13 Å². The van der Waals surface area contributed by atoms with Crippen LogP contribution < -0.4 is 0 Å². The number of Topliss-reactive ketones (excluding diaryl/α,β-unsaturated/α-hetero) is 1. The van der Waals surface area contributed by atoms with Gasteiger partial charge >= 0.3 is 0 Å². The molecule has 0 atom stereocenters. The first-order valence-electron chi connectivity index (χ1n) is 5.42. The standard InChI is InChI=1S/C12H12N2OS/c1-8-7-13-12(16-8)14-6-5-9-10(14)3-2-4-11(9)15/h5-7H,2-4H2,1H3. The summed E-state index contributed by atoms with van der Waals surface area (Å²) < 4.78 is 2.06. The van der Waals surface area contributed by atoms with Gasteiger partial charge in [0.2, 0.25) is 0 Å². The molecule has 0 unspecified atom stereocenters. The maximum Gasteiger partial charge on any atom is 0.193 e. The third kappa shape index (κ3) is 1.41. The summed E-state index contributed by atoms with van der Waals surface area (Å²) in [4.78, 5) is 17.3. The number of hydrogen-bond donors (Lipinski definition) is 0. The molecule has 2 aromatic heterocycles. The summed E-state index contributed by atoms with van der Waals surface area (Å²) in [6.45, 7) is 2.04. The van der Waals surface area contributed by atoms with Gasteiger partial charge in [-0.2, -0.15) is 0 Å². The van der Waals surface area contributed by atoms with Crippen LogP contribution in [-0.4, -0.2) is 15.3 Å². The fourth-order valence-electron chi connectivity index (χ4n) is 2.16. The molecule has 1 aliphatic rings. The Morgan fingerprint density at radius 3 is 3.06 bits per heavy atom. The predicted octanol–water partition coefficient (Wildman–Crippen LogP) is 2.76. The number of carbonyl (C=O) groups is 1. The Bertz CT molecular complexity index is 553. The van der Waals surface area contributed by atoms with Crippen molar-refractivity contribution >= 4 is 17.1 Å². The largest absolute Gasteiger partial charge is 0.296 e. The van der Waals surface area contributed by atoms with E-state index in [9.17, 15) is 4.79 Å². The summed E-state index contributed by atoms with van der Waals surface area (Å²) in [5, 5.41) is 0.966. The van der Waals surface area contributed by atoms with Crippen molar-refractivity contribution in [2.75, 3.05) is 0 Å². The second kappa shape index (κ2) is 3.56.